The van der Waals surface area contributed by atoms with Crippen molar-refractivity contribution in [2.45, 2.75) is 56.7 Å². The molecule has 0 aromatic heterocycles. The number of amidine groups is 1. The van der Waals surface area contributed by atoms with Crippen molar-refractivity contribution in [2.24, 2.45) is 5.92 Å². The van der Waals surface area contributed by atoms with Gasteiger partial charge >= 0.3 is 16.4 Å². The minimum Gasteiger partial charge on any atom is -0.313 e. The molecule has 3 rings (SSSR count). The third-order valence-electron chi connectivity index (χ3n) is 5.84. The Morgan fingerprint density at radius 3 is 2.64 bits per heavy atom. The molecule has 0 aromatic rings. The third kappa shape index (κ3) is 4.45. The molecule has 0 aromatic carbocycles. The van der Waals surface area contributed by atoms with E-state index in [1.54, 1.807) is 0 Å². The number of rotatable bonds is 5. The maximum absolute atomic E-state index is 12.6. The number of hydroxylamine groups is 2. The van der Waals surface area contributed by atoms with Gasteiger partial charge in [0.05, 0.1) is 12.1 Å². The van der Waals surface area contributed by atoms with Gasteiger partial charge in [-0.2, -0.15) is 13.5 Å². The summed E-state index contributed by atoms with van der Waals surface area (Å²) >= 11 is 0. The number of piperidine rings is 1. The van der Waals surface area contributed by atoms with Crippen molar-refractivity contribution in [1.82, 2.24) is 20.2 Å². The normalized spacial score (nSPS) is 30.6. The van der Waals surface area contributed by atoms with Crippen LogP contribution in [0.15, 0.2) is 0 Å². The SMILES string of the molecule is CN(C)C1CCCC(C(=O)NC(=N)C2CCC3CN2C(=O)N3OS(=O)(=O)O)C1. The Morgan fingerprint density at radius 1 is 1.29 bits per heavy atom. The minimum atomic E-state index is -4.81. The third-order valence-corrected chi connectivity index (χ3v) is 6.19. The standard InChI is InChI=1S/C16H27N5O6S/c1-19(2)11-5-3-4-10(8-11)15(22)18-14(17)13-7-6-12-9-20(13)16(23)21(12)27-28(24,25)26/h10-13H,3-9H2,1-2H3,(H2,17,18,22)(H,24,25,26). The molecule has 0 spiro atoms. The highest BCUT2D eigenvalue weighted by molar-refractivity contribution is 7.80. The van der Waals surface area contributed by atoms with Crippen molar-refractivity contribution >= 4 is 28.2 Å². The molecule has 0 radical (unpaired) electrons. The fraction of sp³-hybridized carbons (Fsp3) is 0.812. The number of urea groups is 1. The number of carbonyl (C=O) groups is 2. The Balaban J connectivity index is 1.61. The van der Waals surface area contributed by atoms with Gasteiger partial charge in [0.2, 0.25) is 5.91 Å². The molecule has 2 aliphatic heterocycles. The first-order valence-corrected chi connectivity index (χ1v) is 10.8. The van der Waals surface area contributed by atoms with E-state index in [1.165, 1.54) is 4.90 Å². The molecular weight excluding hydrogens is 390 g/mol. The summed E-state index contributed by atoms with van der Waals surface area (Å²) in [7, 11) is -0.830. The lowest BCUT2D eigenvalue weighted by Gasteiger charge is -2.34. The predicted octanol–water partition coefficient (Wildman–Crippen LogP) is 0.203. The molecule has 3 fully saturated rings. The van der Waals surface area contributed by atoms with Crippen molar-refractivity contribution in [3.05, 3.63) is 0 Å². The zero-order chi connectivity index (χ0) is 20.6. The average Bonchev–Trinajstić information content (AvgIpc) is 2.85. The van der Waals surface area contributed by atoms with E-state index in [9.17, 15) is 18.0 Å². The number of nitrogens with zero attached hydrogens (tertiary/aromatic N) is 3. The van der Waals surface area contributed by atoms with E-state index in [4.69, 9.17) is 9.96 Å². The summed E-state index contributed by atoms with van der Waals surface area (Å²) in [5.74, 6) is -0.458. The van der Waals surface area contributed by atoms with Crippen molar-refractivity contribution in [3.8, 4) is 0 Å². The van der Waals surface area contributed by atoms with E-state index < -0.39 is 28.5 Å². The summed E-state index contributed by atoms with van der Waals surface area (Å²) < 4.78 is 35.1. The molecule has 2 bridgehead atoms. The van der Waals surface area contributed by atoms with Crippen LogP contribution in [0.25, 0.3) is 0 Å². The summed E-state index contributed by atoms with van der Waals surface area (Å²) in [4.78, 5) is 28.5. The summed E-state index contributed by atoms with van der Waals surface area (Å²) in [5.41, 5.74) is 0. The van der Waals surface area contributed by atoms with Crippen molar-refractivity contribution in [1.29, 1.82) is 5.41 Å². The second-order valence-corrected chi connectivity index (χ2v) is 8.90. The zero-order valence-electron chi connectivity index (χ0n) is 16.0. The molecule has 1 saturated carbocycles. The van der Waals surface area contributed by atoms with Crippen molar-refractivity contribution in [3.63, 3.8) is 0 Å². The van der Waals surface area contributed by atoms with Crippen LogP contribution in [0.5, 0.6) is 0 Å². The van der Waals surface area contributed by atoms with Crippen LogP contribution >= 0.6 is 0 Å². The molecule has 1 aliphatic carbocycles. The fourth-order valence-electron chi connectivity index (χ4n) is 4.32. The summed E-state index contributed by atoms with van der Waals surface area (Å²) in [6, 6.07) is -1.58. The average molecular weight is 417 g/mol. The van der Waals surface area contributed by atoms with Gasteiger partial charge in [0.25, 0.3) is 0 Å². The van der Waals surface area contributed by atoms with Crippen LogP contribution in [0.4, 0.5) is 4.79 Å². The largest absolute Gasteiger partial charge is 0.418 e. The van der Waals surface area contributed by atoms with Gasteiger partial charge in [-0.05, 0) is 46.2 Å². The molecule has 3 amide bonds. The predicted molar refractivity (Wildman–Crippen MR) is 98.7 cm³/mol. The van der Waals surface area contributed by atoms with E-state index in [0.717, 1.165) is 25.7 Å². The lowest BCUT2D eigenvalue weighted by atomic mass is 9.84. The molecule has 11 nitrogen and oxygen atoms in total. The van der Waals surface area contributed by atoms with Crippen LogP contribution in [0, 0.1) is 11.3 Å². The van der Waals surface area contributed by atoms with E-state index in [0.29, 0.717) is 23.9 Å². The number of hydrogen-bond donors (Lipinski definition) is 3. The number of amides is 3. The fourth-order valence-corrected chi connectivity index (χ4v) is 4.71. The first-order chi connectivity index (χ1) is 13.1. The Morgan fingerprint density at radius 2 is 2.00 bits per heavy atom. The number of nitrogens with one attached hydrogen (secondary N) is 2. The van der Waals surface area contributed by atoms with Gasteiger partial charge in [-0.3, -0.25) is 14.8 Å². The van der Waals surface area contributed by atoms with Gasteiger partial charge in [-0.25, -0.2) is 4.79 Å². The van der Waals surface area contributed by atoms with Gasteiger partial charge in [0, 0.05) is 18.5 Å². The van der Waals surface area contributed by atoms with E-state index >= 15 is 0 Å². The maximum Gasteiger partial charge on any atom is 0.418 e. The van der Waals surface area contributed by atoms with Gasteiger partial charge in [0.1, 0.15) is 5.84 Å². The summed E-state index contributed by atoms with van der Waals surface area (Å²) in [6.07, 6.45) is 4.29. The first-order valence-electron chi connectivity index (χ1n) is 9.39. The van der Waals surface area contributed by atoms with E-state index in [2.05, 4.69) is 14.5 Å². The van der Waals surface area contributed by atoms with Crippen LogP contribution in [-0.2, 0) is 19.5 Å². The van der Waals surface area contributed by atoms with Crippen LogP contribution in [0.1, 0.15) is 38.5 Å². The van der Waals surface area contributed by atoms with Gasteiger partial charge in [0.15, 0.2) is 0 Å². The smallest absolute Gasteiger partial charge is 0.313 e. The van der Waals surface area contributed by atoms with Crippen LogP contribution in [0.3, 0.4) is 0 Å². The highest BCUT2D eigenvalue weighted by atomic mass is 32.3. The number of hydrogen-bond acceptors (Lipinski definition) is 7. The Labute approximate surface area is 164 Å². The Hall–Kier alpha value is -1.76. The molecule has 3 N–H and O–H groups in total. The number of carbonyl (C=O) groups excluding carboxylic acids is 2. The molecule has 2 heterocycles. The highest BCUT2D eigenvalue weighted by Gasteiger charge is 2.48. The van der Waals surface area contributed by atoms with E-state index in [-0.39, 0.29) is 24.2 Å². The first kappa shape index (κ1) is 21.0. The second-order valence-electron chi connectivity index (χ2n) is 7.89. The Kier molecular flexibility index (Phi) is 5.94. The molecule has 28 heavy (non-hydrogen) atoms. The zero-order valence-corrected chi connectivity index (χ0v) is 16.8. The highest BCUT2D eigenvalue weighted by Crippen LogP contribution is 2.31. The van der Waals surface area contributed by atoms with Gasteiger partial charge < -0.3 is 15.1 Å². The Bertz CT molecular complexity index is 757. The molecule has 2 saturated heterocycles. The molecule has 4 atom stereocenters. The van der Waals surface area contributed by atoms with E-state index in [1.807, 2.05) is 14.1 Å². The lowest BCUT2D eigenvalue weighted by Crippen LogP contribution is -2.52. The summed E-state index contributed by atoms with van der Waals surface area (Å²) in [6.45, 7) is 0.170. The lowest BCUT2D eigenvalue weighted by molar-refractivity contribution is -0.125. The summed E-state index contributed by atoms with van der Waals surface area (Å²) in [5, 5.41) is 11.6. The van der Waals surface area contributed by atoms with Gasteiger partial charge in [-0.15, -0.1) is 4.28 Å². The van der Waals surface area contributed by atoms with Gasteiger partial charge in [-0.1, -0.05) is 6.42 Å². The molecule has 12 heteroatoms. The van der Waals surface area contributed by atoms with Crippen molar-refractivity contribution in [2.75, 3.05) is 20.6 Å². The minimum absolute atomic E-state index is 0.0718. The topological polar surface area (TPSA) is 143 Å². The molecular formula is C16H27N5O6S. The van der Waals surface area contributed by atoms with Crippen LogP contribution in [0.2, 0.25) is 0 Å². The molecule has 4 unspecified atom stereocenters. The quantitative estimate of drug-likeness (QED) is 0.329. The van der Waals surface area contributed by atoms with Crippen LogP contribution in [-0.4, -0.2) is 84.4 Å². The monoisotopic (exact) mass is 417 g/mol. The van der Waals surface area contributed by atoms with Crippen LogP contribution < -0.4 is 5.32 Å². The maximum atomic E-state index is 12.6. The number of fused-ring (bicyclic) bond motifs is 2. The molecule has 3 aliphatic rings. The second kappa shape index (κ2) is 7.93. The molecule has 158 valence electrons. The van der Waals surface area contributed by atoms with Crippen molar-refractivity contribution < 1.29 is 26.8 Å².